The van der Waals surface area contributed by atoms with Crippen molar-refractivity contribution in [3.63, 3.8) is 0 Å². The molecule has 0 radical (unpaired) electrons. The predicted octanol–water partition coefficient (Wildman–Crippen LogP) is 0.490. The van der Waals surface area contributed by atoms with Gasteiger partial charge in [0.15, 0.2) is 6.61 Å². The maximum Gasteiger partial charge on any atom is 0.339 e. The molecule has 6 nitrogen and oxygen atoms in total. The fraction of sp³-hybridized carbons (Fsp3) is 0.750. The molecule has 0 aromatic carbocycles. The van der Waals surface area contributed by atoms with E-state index in [-0.39, 0.29) is 5.54 Å². The van der Waals surface area contributed by atoms with Gasteiger partial charge in [-0.3, -0.25) is 4.84 Å². The molecule has 0 heterocycles. The first-order valence-electron chi connectivity index (χ1n) is 4.29. The van der Waals surface area contributed by atoms with Crippen LogP contribution in [0.3, 0.4) is 0 Å². The average molecular weight is 204 g/mol. The number of carbonyl (C=O) groups is 2. The lowest BCUT2D eigenvalue weighted by Gasteiger charge is -2.24. The van der Waals surface area contributed by atoms with Crippen molar-refractivity contribution in [1.82, 2.24) is 10.8 Å². The van der Waals surface area contributed by atoms with E-state index in [9.17, 15) is 9.59 Å². The smallest absolute Gasteiger partial charge is 0.339 e. The molecule has 0 spiro atoms. The zero-order chi connectivity index (χ0) is 11.2. The van der Waals surface area contributed by atoms with Crippen LogP contribution in [0.25, 0.3) is 0 Å². The largest absolute Gasteiger partial charge is 0.479 e. The SMILES string of the molecule is CCC(C)(C)NC(=O)NOCC(=O)O. The van der Waals surface area contributed by atoms with Crippen LogP contribution in [0.2, 0.25) is 0 Å². The minimum absolute atomic E-state index is 0.337. The highest BCUT2D eigenvalue weighted by molar-refractivity contribution is 5.74. The Morgan fingerprint density at radius 1 is 1.43 bits per heavy atom. The van der Waals surface area contributed by atoms with Gasteiger partial charge in [0.25, 0.3) is 0 Å². The molecule has 3 N–H and O–H groups in total. The van der Waals surface area contributed by atoms with E-state index in [4.69, 9.17) is 5.11 Å². The quantitative estimate of drug-likeness (QED) is 0.569. The van der Waals surface area contributed by atoms with Gasteiger partial charge in [-0.1, -0.05) is 6.92 Å². The van der Waals surface area contributed by atoms with Crippen molar-refractivity contribution in [1.29, 1.82) is 0 Å². The predicted molar refractivity (Wildman–Crippen MR) is 49.6 cm³/mol. The molecule has 0 saturated carbocycles. The number of aliphatic carboxylic acids is 1. The molecule has 6 heteroatoms. The van der Waals surface area contributed by atoms with E-state index in [2.05, 4.69) is 10.2 Å². The second kappa shape index (κ2) is 5.43. The highest BCUT2D eigenvalue weighted by Gasteiger charge is 2.17. The van der Waals surface area contributed by atoms with E-state index >= 15 is 0 Å². The van der Waals surface area contributed by atoms with E-state index in [0.717, 1.165) is 6.42 Å². The van der Waals surface area contributed by atoms with Gasteiger partial charge in [0.2, 0.25) is 0 Å². The lowest BCUT2D eigenvalue weighted by Crippen LogP contribution is -2.48. The zero-order valence-corrected chi connectivity index (χ0v) is 8.59. The van der Waals surface area contributed by atoms with Crippen LogP contribution in [-0.4, -0.2) is 29.3 Å². The number of nitrogens with one attached hydrogen (secondary N) is 2. The van der Waals surface area contributed by atoms with Gasteiger partial charge in [0, 0.05) is 5.54 Å². The third-order valence-corrected chi connectivity index (χ3v) is 1.70. The summed E-state index contributed by atoms with van der Waals surface area (Å²) in [7, 11) is 0. The topological polar surface area (TPSA) is 87.7 Å². The fourth-order valence-corrected chi connectivity index (χ4v) is 0.585. The van der Waals surface area contributed by atoms with Crippen molar-refractivity contribution < 1.29 is 19.5 Å². The molecule has 14 heavy (non-hydrogen) atoms. The summed E-state index contributed by atoms with van der Waals surface area (Å²) in [5, 5.41) is 10.8. The number of carboxylic acids is 1. The molecule has 0 aromatic rings. The lowest BCUT2D eigenvalue weighted by molar-refractivity contribution is -0.144. The summed E-state index contributed by atoms with van der Waals surface area (Å²) < 4.78 is 0. The van der Waals surface area contributed by atoms with Gasteiger partial charge in [-0.15, -0.1) is 0 Å². The van der Waals surface area contributed by atoms with Gasteiger partial charge in [-0.2, -0.15) is 0 Å². The van der Waals surface area contributed by atoms with Gasteiger partial charge in [-0.05, 0) is 20.3 Å². The van der Waals surface area contributed by atoms with Crippen LogP contribution in [0.5, 0.6) is 0 Å². The van der Waals surface area contributed by atoms with Crippen molar-refractivity contribution in [2.75, 3.05) is 6.61 Å². The molecule has 0 aliphatic rings. The minimum atomic E-state index is -1.14. The molecule has 0 bridgehead atoms. The molecule has 0 fully saturated rings. The number of urea groups is 1. The second-order valence-corrected chi connectivity index (χ2v) is 3.48. The Morgan fingerprint density at radius 3 is 2.43 bits per heavy atom. The summed E-state index contributed by atoms with van der Waals surface area (Å²) in [5.41, 5.74) is 1.64. The Kier molecular flexibility index (Phi) is 4.93. The first-order chi connectivity index (χ1) is 6.37. The molecule has 0 rings (SSSR count). The Labute approximate surface area is 82.6 Å². The number of hydroxylamine groups is 1. The monoisotopic (exact) mass is 204 g/mol. The third-order valence-electron chi connectivity index (χ3n) is 1.70. The Bertz CT molecular complexity index is 215. The minimum Gasteiger partial charge on any atom is -0.479 e. The van der Waals surface area contributed by atoms with E-state index in [1.54, 1.807) is 0 Å². The summed E-state index contributed by atoms with van der Waals surface area (Å²) in [6, 6.07) is -0.543. The number of amides is 2. The van der Waals surface area contributed by atoms with Gasteiger partial charge in [0.1, 0.15) is 0 Å². The van der Waals surface area contributed by atoms with Crippen LogP contribution < -0.4 is 10.8 Å². The van der Waals surface area contributed by atoms with Crippen LogP contribution in [0, 0.1) is 0 Å². The first-order valence-corrected chi connectivity index (χ1v) is 4.29. The molecule has 0 aliphatic heterocycles. The van der Waals surface area contributed by atoms with E-state index < -0.39 is 18.6 Å². The maximum atomic E-state index is 11.1. The Morgan fingerprint density at radius 2 is 2.00 bits per heavy atom. The molecule has 0 saturated heterocycles. The van der Waals surface area contributed by atoms with Gasteiger partial charge in [0.05, 0.1) is 0 Å². The first kappa shape index (κ1) is 12.7. The summed E-state index contributed by atoms with van der Waals surface area (Å²) in [6.45, 7) is 5.08. The standard InChI is InChI=1S/C8H16N2O4/c1-4-8(2,3)9-7(13)10-14-5-6(11)12/h4-5H2,1-3H3,(H,11,12)(H2,9,10,13). The number of rotatable bonds is 5. The van der Waals surface area contributed by atoms with Gasteiger partial charge < -0.3 is 10.4 Å². The van der Waals surface area contributed by atoms with Crippen molar-refractivity contribution in [3.05, 3.63) is 0 Å². The molecule has 0 unspecified atom stereocenters. The Balaban J connectivity index is 3.71. The molecular weight excluding hydrogens is 188 g/mol. The lowest BCUT2D eigenvalue weighted by atomic mass is 10.0. The molecule has 2 amide bonds. The number of carbonyl (C=O) groups excluding carboxylic acids is 1. The molecule has 0 aliphatic carbocycles. The average Bonchev–Trinajstić information content (AvgIpc) is 2.02. The van der Waals surface area contributed by atoms with E-state index in [0.29, 0.717) is 0 Å². The molecule has 82 valence electrons. The Hall–Kier alpha value is -1.30. The highest BCUT2D eigenvalue weighted by atomic mass is 16.7. The second-order valence-electron chi connectivity index (χ2n) is 3.48. The van der Waals surface area contributed by atoms with Crippen LogP contribution in [0.4, 0.5) is 4.79 Å². The summed E-state index contributed by atoms with van der Waals surface area (Å²) in [4.78, 5) is 25.5. The van der Waals surface area contributed by atoms with Crippen LogP contribution in [0.1, 0.15) is 27.2 Å². The number of hydrogen-bond acceptors (Lipinski definition) is 3. The van der Waals surface area contributed by atoms with Crippen LogP contribution in [0.15, 0.2) is 0 Å². The number of hydrogen-bond donors (Lipinski definition) is 3. The summed E-state index contributed by atoms with van der Waals surface area (Å²) in [5.74, 6) is -1.14. The molecule has 0 atom stereocenters. The number of carboxylic acid groups (broad SMARTS) is 1. The van der Waals surface area contributed by atoms with E-state index in [1.807, 2.05) is 26.3 Å². The van der Waals surface area contributed by atoms with Gasteiger partial charge >= 0.3 is 12.0 Å². The normalized spacial score (nSPS) is 10.8. The maximum absolute atomic E-state index is 11.1. The summed E-state index contributed by atoms with van der Waals surface area (Å²) >= 11 is 0. The van der Waals surface area contributed by atoms with Crippen molar-refractivity contribution in [2.24, 2.45) is 0 Å². The summed E-state index contributed by atoms with van der Waals surface area (Å²) in [6.07, 6.45) is 0.763. The van der Waals surface area contributed by atoms with Crippen molar-refractivity contribution in [2.45, 2.75) is 32.7 Å². The third kappa shape index (κ3) is 6.24. The van der Waals surface area contributed by atoms with Crippen molar-refractivity contribution in [3.8, 4) is 0 Å². The van der Waals surface area contributed by atoms with Crippen LogP contribution >= 0.6 is 0 Å². The van der Waals surface area contributed by atoms with Gasteiger partial charge in [-0.25, -0.2) is 15.1 Å². The highest BCUT2D eigenvalue weighted by Crippen LogP contribution is 2.05. The molecular formula is C8H16N2O4. The zero-order valence-electron chi connectivity index (χ0n) is 8.59. The van der Waals surface area contributed by atoms with Crippen molar-refractivity contribution >= 4 is 12.0 Å². The molecule has 0 aromatic heterocycles. The van der Waals surface area contributed by atoms with Crippen LogP contribution in [-0.2, 0) is 9.63 Å². The fourth-order valence-electron chi connectivity index (χ4n) is 0.585. The van der Waals surface area contributed by atoms with E-state index in [1.165, 1.54) is 0 Å².